The molecule has 3 nitrogen and oxygen atoms in total. The summed E-state index contributed by atoms with van der Waals surface area (Å²) >= 11 is 0. The molecule has 1 rings (SSSR count). The Bertz CT molecular complexity index is 246. The summed E-state index contributed by atoms with van der Waals surface area (Å²) in [6.07, 6.45) is 4.29. The van der Waals surface area contributed by atoms with E-state index in [0.29, 0.717) is 0 Å². The van der Waals surface area contributed by atoms with Crippen LogP contribution in [0.15, 0.2) is 22.8 Å². The van der Waals surface area contributed by atoms with E-state index in [1.54, 1.807) is 6.26 Å². The van der Waals surface area contributed by atoms with E-state index in [4.69, 9.17) is 4.42 Å². The molecule has 0 aliphatic rings. The van der Waals surface area contributed by atoms with Crippen molar-refractivity contribution in [3.05, 3.63) is 24.2 Å². The second kappa shape index (κ2) is 8.36. The molecule has 3 heteroatoms. The molecule has 0 saturated heterocycles. The van der Waals surface area contributed by atoms with Gasteiger partial charge in [-0.25, -0.2) is 0 Å². The van der Waals surface area contributed by atoms with Crippen LogP contribution >= 0.6 is 0 Å². The molecule has 1 N–H and O–H groups in total. The van der Waals surface area contributed by atoms with Gasteiger partial charge in [0.15, 0.2) is 0 Å². The van der Waals surface area contributed by atoms with Crippen molar-refractivity contribution in [2.45, 2.75) is 33.2 Å². The molecular weight excluding hydrogens is 200 g/mol. The quantitative estimate of drug-likeness (QED) is 0.653. The van der Waals surface area contributed by atoms with Crippen LogP contribution in [-0.4, -0.2) is 31.1 Å². The SMILES string of the molecule is CCCCN(CC)CCNCc1ccco1. The minimum Gasteiger partial charge on any atom is -0.468 e. The summed E-state index contributed by atoms with van der Waals surface area (Å²) < 4.78 is 5.26. The first-order valence-electron chi connectivity index (χ1n) is 6.32. The van der Waals surface area contributed by atoms with Crippen molar-refractivity contribution < 1.29 is 4.42 Å². The van der Waals surface area contributed by atoms with E-state index in [2.05, 4.69) is 24.1 Å². The van der Waals surface area contributed by atoms with Gasteiger partial charge in [-0.3, -0.25) is 0 Å². The lowest BCUT2D eigenvalue weighted by Gasteiger charge is -2.19. The lowest BCUT2D eigenvalue weighted by molar-refractivity contribution is 0.281. The third-order valence-corrected chi connectivity index (χ3v) is 2.76. The van der Waals surface area contributed by atoms with Crippen molar-refractivity contribution in [2.75, 3.05) is 26.2 Å². The molecule has 0 atom stereocenters. The van der Waals surface area contributed by atoms with Crippen LogP contribution in [0.5, 0.6) is 0 Å². The smallest absolute Gasteiger partial charge is 0.117 e. The second-order valence-corrected chi connectivity index (χ2v) is 4.04. The molecule has 1 aromatic heterocycles. The average molecular weight is 224 g/mol. The minimum absolute atomic E-state index is 0.832. The molecular formula is C13H24N2O. The van der Waals surface area contributed by atoms with Gasteiger partial charge in [0, 0.05) is 13.1 Å². The molecule has 0 aromatic carbocycles. The number of likely N-dealkylation sites (N-methyl/N-ethyl adjacent to an activating group) is 1. The standard InChI is InChI=1S/C13H24N2O/c1-3-5-9-15(4-2)10-8-14-12-13-7-6-11-16-13/h6-7,11,14H,3-5,8-10,12H2,1-2H3. The Kier molecular flexibility index (Phi) is 6.93. The zero-order valence-electron chi connectivity index (χ0n) is 10.5. The second-order valence-electron chi connectivity index (χ2n) is 4.04. The molecule has 0 aliphatic carbocycles. The van der Waals surface area contributed by atoms with E-state index < -0.39 is 0 Å². The van der Waals surface area contributed by atoms with Gasteiger partial charge < -0.3 is 14.6 Å². The Morgan fingerprint density at radius 2 is 2.19 bits per heavy atom. The van der Waals surface area contributed by atoms with Gasteiger partial charge in [-0.05, 0) is 31.6 Å². The van der Waals surface area contributed by atoms with E-state index in [0.717, 1.165) is 31.9 Å². The maximum Gasteiger partial charge on any atom is 0.117 e. The zero-order chi connectivity index (χ0) is 11.6. The molecule has 0 amide bonds. The number of furan rings is 1. The molecule has 16 heavy (non-hydrogen) atoms. The first-order chi connectivity index (χ1) is 7.86. The molecule has 0 spiro atoms. The molecule has 0 saturated carbocycles. The van der Waals surface area contributed by atoms with Gasteiger partial charge in [0.05, 0.1) is 12.8 Å². The lowest BCUT2D eigenvalue weighted by atomic mass is 10.3. The fourth-order valence-corrected chi connectivity index (χ4v) is 1.67. The highest BCUT2D eigenvalue weighted by Gasteiger charge is 2.01. The van der Waals surface area contributed by atoms with Crippen molar-refractivity contribution in [2.24, 2.45) is 0 Å². The predicted octanol–water partition coefficient (Wildman–Crippen LogP) is 2.49. The summed E-state index contributed by atoms with van der Waals surface area (Å²) in [6, 6.07) is 3.93. The summed E-state index contributed by atoms with van der Waals surface area (Å²) in [7, 11) is 0. The van der Waals surface area contributed by atoms with Crippen LogP contribution in [0.1, 0.15) is 32.4 Å². The van der Waals surface area contributed by atoms with Crippen LogP contribution in [0.3, 0.4) is 0 Å². The lowest BCUT2D eigenvalue weighted by Crippen LogP contribution is -2.32. The number of hydrogen-bond donors (Lipinski definition) is 1. The van der Waals surface area contributed by atoms with E-state index in [-0.39, 0.29) is 0 Å². The van der Waals surface area contributed by atoms with E-state index >= 15 is 0 Å². The Balaban J connectivity index is 2.04. The van der Waals surface area contributed by atoms with Crippen molar-refractivity contribution >= 4 is 0 Å². The Labute approximate surface area is 98.8 Å². The molecule has 0 fully saturated rings. The summed E-state index contributed by atoms with van der Waals surface area (Å²) in [5, 5.41) is 3.39. The van der Waals surface area contributed by atoms with E-state index in [9.17, 15) is 0 Å². The van der Waals surface area contributed by atoms with Gasteiger partial charge in [-0.2, -0.15) is 0 Å². The van der Waals surface area contributed by atoms with Gasteiger partial charge in [0.1, 0.15) is 5.76 Å². The highest BCUT2D eigenvalue weighted by molar-refractivity contribution is 4.97. The van der Waals surface area contributed by atoms with Gasteiger partial charge >= 0.3 is 0 Å². The molecule has 0 radical (unpaired) electrons. The molecule has 0 aliphatic heterocycles. The number of nitrogens with zero attached hydrogens (tertiary/aromatic N) is 1. The van der Waals surface area contributed by atoms with E-state index in [1.165, 1.54) is 19.4 Å². The highest BCUT2D eigenvalue weighted by Crippen LogP contribution is 1.98. The number of unbranched alkanes of at least 4 members (excludes halogenated alkanes) is 1. The summed E-state index contributed by atoms with van der Waals surface area (Å²) in [5.41, 5.74) is 0. The van der Waals surface area contributed by atoms with Crippen molar-refractivity contribution in [1.29, 1.82) is 0 Å². The maximum absolute atomic E-state index is 5.26. The van der Waals surface area contributed by atoms with Crippen LogP contribution < -0.4 is 5.32 Å². The number of nitrogens with one attached hydrogen (secondary N) is 1. The van der Waals surface area contributed by atoms with Gasteiger partial charge in [0.2, 0.25) is 0 Å². The Hall–Kier alpha value is -0.800. The molecule has 92 valence electrons. The summed E-state index contributed by atoms with van der Waals surface area (Å²) in [6.45, 7) is 9.80. The summed E-state index contributed by atoms with van der Waals surface area (Å²) in [5.74, 6) is 1.01. The normalized spacial score (nSPS) is 11.2. The van der Waals surface area contributed by atoms with Crippen molar-refractivity contribution in [3.63, 3.8) is 0 Å². The third-order valence-electron chi connectivity index (χ3n) is 2.76. The van der Waals surface area contributed by atoms with Gasteiger partial charge in [0.25, 0.3) is 0 Å². The zero-order valence-corrected chi connectivity index (χ0v) is 10.5. The van der Waals surface area contributed by atoms with Crippen molar-refractivity contribution in [3.8, 4) is 0 Å². The predicted molar refractivity (Wildman–Crippen MR) is 67.4 cm³/mol. The maximum atomic E-state index is 5.26. The topological polar surface area (TPSA) is 28.4 Å². The fourth-order valence-electron chi connectivity index (χ4n) is 1.67. The van der Waals surface area contributed by atoms with Gasteiger partial charge in [-0.15, -0.1) is 0 Å². The fraction of sp³-hybridized carbons (Fsp3) is 0.692. The monoisotopic (exact) mass is 224 g/mol. The minimum atomic E-state index is 0.832. The highest BCUT2D eigenvalue weighted by atomic mass is 16.3. The first-order valence-corrected chi connectivity index (χ1v) is 6.32. The molecule has 0 bridgehead atoms. The molecule has 1 heterocycles. The van der Waals surface area contributed by atoms with Crippen LogP contribution in [0.2, 0.25) is 0 Å². The van der Waals surface area contributed by atoms with Crippen LogP contribution in [0, 0.1) is 0 Å². The summed E-state index contributed by atoms with van der Waals surface area (Å²) in [4.78, 5) is 2.48. The van der Waals surface area contributed by atoms with Crippen LogP contribution in [0.4, 0.5) is 0 Å². The average Bonchev–Trinajstić information content (AvgIpc) is 2.81. The number of hydrogen-bond acceptors (Lipinski definition) is 3. The number of rotatable bonds is 9. The van der Waals surface area contributed by atoms with Gasteiger partial charge in [-0.1, -0.05) is 20.3 Å². The molecule has 0 unspecified atom stereocenters. The largest absolute Gasteiger partial charge is 0.468 e. The van der Waals surface area contributed by atoms with Crippen LogP contribution in [-0.2, 0) is 6.54 Å². The van der Waals surface area contributed by atoms with Crippen molar-refractivity contribution in [1.82, 2.24) is 10.2 Å². The van der Waals surface area contributed by atoms with Crippen LogP contribution in [0.25, 0.3) is 0 Å². The Morgan fingerprint density at radius 1 is 1.31 bits per heavy atom. The third kappa shape index (κ3) is 5.33. The molecule has 1 aromatic rings. The van der Waals surface area contributed by atoms with E-state index in [1.807, 2.05) is 12.1 Å². The first kappa shape index (κ1) is 13.3. The Morgan fingerprint density at radius 3 is 2.81 bits per heavy atom.